The molecule has 2 radical (unpaired) electrons. The predicted molar refractivity (Wildman–Crippen MR) is 6.18 cm³/mol. The van der Waals surface area contributed by atoms with Gasteiger partial charge in [0.05, 0.1) is 0 Å². The molecule has 0 heterocycles. The molecular weight excluding hydrogens is 440 g/mol. The van der Waals surface area contributed by atoms with Gasteiger partial charge >= 0.3 is 76.9 Å². The van der Waals surface area contributed by atoms with Crippen molar-refractivity contribution in [2.45, 2.75) is 0 Å². The first-order chi connectivity index (χ1) is 0. The fourth-order valence-corrected chi connectivity index (χ4v) is 0. The van der Waals surface area contributed by atoms with Crippen molar-refractivity contribution in [2.24, 2.45) is 0 Å². The summed E-state index contributed by atoms with van der Waals surface area (Å²) in [7, 11) is 0. The molecule has 0 aliphatic carbocycles. The summed E-state index contributed by atoms with van der Waals surface area (Å²) in [5.74, 6) is 0. The van der Waals surface area contributed by atoms with Crippen molar-refractivity contribution in [1.82, 2.24) is 0 Å². The predicted octanol–water partition coefficient (Wildman–Crippen LogP) is -1.08. The summed E-state index contributed by atoms with van der Waals surface area (Å²) < 4.78 is 0. The van der Waals surface area contributed by atoms with Crippen molar-refractivity contribution in [3.8, 4) is 0 Å². The molecule has 0 fully saturated rings. The molecule has 0 aliphatic heterocycles. The van der Waals surface area contributed by atoms with Gasteiger partial charge in [0, 0.05) is 0 Å². The fraction of sp³-hybridized carbons (Fsp3) is 0. The Kier molecular flexibility index (Phi) is 29500. The summed E-state index contributed by atoms with van der Waals surface area (Å²) >= 11 is 0. The van der Waals surface area contributed by atoms with E-state index in [9.17, 15) is 0 Å². The first-order valence-electron chi connectivity index (χ1n) is 0. The molecule has 13 heavy (non-hydrogen) atoms. The molecule has 0 bridgehead atoms. The molecule has 0 N–H and O–H groups in total. The van der Waals surface area contributed by atoms with E-state index in [0.717, 1.165) is 0 Å². The van der Waals surface area contributed by atoms with Crippen LogP contribution in [-0.2, 0) is 126 Å². The molecular formula is Cr2Mo2O9. The van der Waals surface area contributed by atoms with Crippen LogP contribution >= 0.6 is 0 Å². The van der Waals surface area contributed by atoms with Crippen molar-refractivity contribution >= 4 is 0 Å². The van der Waals surface area contributed by atoms with Gasteiger partial charge in [-0.05, 0) is 0 Å². The third kappa shape index (κ3) is 474. The number of rotatable bonds is 0. The van der Waals surface area contributed by atoms with Gasteiger partial charge < -0.3 is 49.3 Å². The minimum atomic E-state index is 0. The monoisotopic (exact) mass is 444 g/mol. The van der Waals surface area contributed by atoms with E-state index in [-0.39, 0.29) is 126 Å². The van der Waals surface area contributed by atoms with Crippen LogP contribution < -0.4 is 0 Å². The maximum absolute atomic E-state index is 0. The third-order valence-corrected chi connectivity index (χ3v) is 0. The molecule has 0 amide bonds. The Morgan fingerprint density at radius 3 is 0.231 bits per heavy atom. The van der Waals surface area contributed by atoms with E-state index in [1.165, 1.54) is 0 Å². The zero-order valence-electron chi connectivity index (χ0n) is 5.31. The van der Waals surface area contributed by atoms with Crippen molar-refractivity contribution < 1.29 is 126 Å². The van der Waals surface area contributed by atoms with E-state index >= 15 is 0 Å². The standard InChI is InChI=1S/2Cr.2Mo.9O/q2*+3;2*+6;9*-2. The summed E-state index contributed by atoms with van der Waals surface area (Å²) in [4.78, 5) is 0. The Hall–Kier alpha value is 2.08. The van der Waals surface area contributed by atoms with Gasteiger partial charge in [0.2, 0.25) is 0 Å². The van der Waals surface area contributed by atoms with Gasteiger partial charge in [0.25, 0.3) is 0 Å². The topological polar surface area (TPSA) is 256 Å². The SMILES string of the molecule is [Cr+3].[Cr+3].[Mo+6].[Mo+6].[O-2].[O-2].[O-2].[O-2].[O-2].[O-2].[O-2].[O-2].[O-2]. The molecule has 0 saturated heterocycles. The van der Waals surface area contributed by atoms with Crippen molar-refractivity contribution in [3.05, 3.63) is 0 Å². The summed E-state index contributed by atoms with van der Waals surface area (Å²) in [6, 6.07) is 0. The van der Waals surface area contributed by atoms with Crippen LogP contribution in [-0.4, -0.2) is 0 Å². The number of hydrogen-bond acceptors (Lipinski definition) is 0. The van der Waals surface area contributed by atoms with Crippen LogP contribution in [0.5, 0.6) is 0 Å². The average molecular weight is 440 g/mol. The molecule has 13 heteroatoms. The second-order valence-corrected chi connectivity index (χ2v) is 0. The van der Waals surface area contributed by atoms with E-state index in [1.54, 1.807) is 0 Å². The Morgan fingerprint density at radius 2 is 0.231 bits per heavy atom. The fourth-order valence-electron chi connectivity index (χ4n) is 0. The molecule has 0 rings (SSSR count). The van der Waals surface area contributed by atoms with E-state index in [2.05, 4.69) is 0 Å². The molecule has 0 spiro atoms. The van der Waals surface area contributed by atoms with Crippen LogP contribution in [0, 0.1) is 0 Å². The van der Waals surface area contributed by atoms with Crippen molar-refractivity contribution in [3.63, 3.8) is 0 Å². The molecule has 0 aromatic heterocycles. The Bertz CT molecular complexity index is 15.6. The minimum Gasteiger partial charge on any atom is -2.00 e. The smallest absolute Gasteiger partial charge is 2.00 e. The van der Waals surface area contributed by atoms with E-state index in [4.69, 9.17) is 0 Å². The van der Waals surface area contributed by atoms with Gasteiger partial charge in [0.1, 0.15) is 0 Å². The Labute approximate surface area is 125 Å². The molecule has 0 aliphatic rings. The maximum atomic E-state index is 0. The van der Waals surface area contributed by atoms with Crippen molar-refractivity contribution in [2.75, 3.05) is 0 Å². The van der Waals surface area contributed by atoms with Crippen LogP contribution in [0.25, 0.3) is 0 Å². The van der Waals surface area contributed by atoms with E-state index in [1.807, 2.05) is 0 Å². The second kappa shape index (κ2) is 556. The van der Waals surface area contributed by atoms with Crippen LogP contribution in [0.4, 0.5) is 0 Å². The average Bonchev–Trinajstić information content (AvgIpc) is 0. The van der Waals surface area contributed by atoms with Gasteiger partial charge in [-0.15, -0.1) is 0 Å². The first-order valence-corrected chi connectivity index (χ1v) is 0. The summed E-state index contributed by atoms with van der Waals surface area (Å²) in [5, 5.41) is 0. The van der Waals surface area contributed by atoms with E-state index < -0.39 is 0 Å². The first kappa shape index (κ1) is 690. The molecule has 0 unspecified atom stereocenters. The molecule has 78 valence electrons. The van der Waals surface area contributed by atoms with Gasteiger partial charge in [-0.1, -0.05) is 0 Å². The third-order valence-electron chi connectivity index (χ3n) is 0. The zero-order valence-corrected chi connectivity index (χ0v) is 11.9. The molecule has 0 aromatic carbocycles. The van der Waals surface area contributed by atoms with E-state index in [0.29, 0.717) is 0 Å². The number of hydrogen-bond donors (Lipinski definition) is 0. The summed E-state index contributed by atoms with van der Waals surface area (Å²) in [6.07, 6.45) is 0. The summed E-state index contributed by atoms with van der Waals surface area (Å²) in [5.41, 5.74) is 0. The maximum Gasteiger partial charge on any atom is 6.00 e. The van der Waals surface area contributed by atoms with Gasteiger partial charge in [-0.25, -0.2) is 0 Å². The van der Waals surface area contributed by atoms with Gasteiger partial charge in [-0.3, -0.25) is 0 Å². The normalized spacial score (nSPS) is 0. The molecule has 0 atom stereocenters. The van der Waals surface area contributed by atoms with Crippen LogP contribution in [0.1, 0.15) is 0 Å². The van der Waals surface area contributed by atoms with Gasteiger partial charge in [0.15, 0.2) is 0 Å². The van der Waals surface area contributed by atoms with Crippen LogP contribution in [0.15, 0.2) is 0 Å². The second-order valence-electron chi connectivity index (χ2n) is 0. The van der Waals surface area contributed by atoms with Crippen LogP contribution in [0.3, 0.4) is 0 Å². The Balaban J connectivity index is 0. The quantitative estimate of drug-likeness (QED) is 0.407. The molecule has 0 aromatic rings. The molecule has 9 nitrogen and oxygen atoms in total. The van der Waals surface area contributed by atoms with Gasteiger partial charge in [-0.2, -0.15) is 0 Å². The largest absolute Gasteiger partial charge is 6.00 e. The summed E-state index contributed by atoms with van der Waals surface area (Å²) in [6.45, 7) is 0. The van der Waals surface area contributed by atoms with Crippen LogP contribution in [0.2, 0.25) is 0 Å². The minimum absolute atomic E-state index is 0. The van der Waals surface area contributed by atoms with Crippen molar-refractivity contribution in [1.29, 1.82) is 0 Å². The molecule has 0 saturated carbocycles. The Morgan fingerprint density at radius 1 is 0.231 bits per heavy atom. The zero-order chi connectivity index (χ0) is 0.